The molecule has 8 nitrogen and oxygen atoms in total. The van der Waals surface area contributed by atoms with E-state index in [0.29, 0.717) is 25.8 Å². The van der Waals surface area contributed by atoms with Gasteiger partial charge in [-0.3, -0.25) is 4.79 Å². The molecule has 0 spiro atoms. The maximum Gasteiger partial charge on any atom is 0.407 e. The summed E-state index contributed by atoms with van der Waals surface area (Å²) >= 11 is 0. The number of carbonyl (C=O) groups excluding carboxylic acids is 2. The molecule has 0 bridgehead atoms. The van der Waals surface area contributed by atoms with Crippen LogP contribution in [0, 0.1) is 0 Å². The molecule has 2 fully saturated rings. The Morgan fingerprint density at radius 3 is 2.34 bits per heavy atom. The monoisotopic (exact) mass is 478 g/mol. The van der Waals surface area contributed by atoms with E-state index in [4.69, 9.17) is 9.47 Å². The molecule has 184 valence electrons. The number of nitrogens with one attached hydrogen (secondary N) is 1. The average Bonchev–Trinajstić information content (AvgIpc) is 3.49. The number of rotatable bonds is 6. The van der Waals surface area contributed by atoms with Crippen LogP contribution in [0.4, 0.5) is 4.79 Å². The summed E-state index contributed by atoms with van der Waals surface area (Å²) in [5.41, 5.74) is 4.65. The van der Waals surface area contributed by atoms with E-state index >= 15 is 0 Å². The molecule has 2 heterocycles. The highest BCUT2D eigenvalue weighted by atomic mass is 16.6. The zero-order valence-electron chi connectivity index (χ0n) is 19.5. The summed E-state index contributed by atoms with van der Waals surface area (Å²) in [5.74, 6) is -1.24. The van der Waals surface area contributed by atoms with Crippen LogP contribution in [0.25, 0.3) is 11.1 Å². The van der Waals surface area contributed by atoms with E-state index < -0.39 is 24.2 Å². The molecule has 0 saturated carbocycles. The van der Waals surface area contributed by atoms with Gasteiger partial charge in [-0.05, 0) is 54.4 Å². The summed E-state index contributed by atoms with van der Waals surface area (Å²) in [6.07, 6.45) is 1.72. The van der Waals surface area contributed by atoms with E-state index in [1.165, 1.54) is 16.0 Å². The summed E-state index contributed by atoms with van der Waals surface area (Å²) in [6.45, 7) is 0.916. The van der Waals surface area contributed by atoms with Gasteiger partial charge in [-0.25, -0.2) is 9.59 Å². The number of carbonyl (C=O) groups is 3. The van der Waals surface area contributed by atoms with Gasteiger partial charge >= 0.3 is 12.1 Å². The molecule has 3 unspecified atom stereocenters. The molecule has 8 heteroatoms. The van der Waals surface area contributed by atoms with Gasteiger partial charge < -0.3 is 24.8 Å². The lowest BCUT2D eigenvalue weighted by Crippen LogP contribution is -2.51. The number of aliphatic carboxylic acids is 1. The molecular weight excluding hydrogens is 448 g/mol. The van der Waals surface area contributed by atoms with Gasteiger partial charge in [-0.2, -0.15) is 0 Å². The van der Waals surface area contributed by atoms with Gasteiger partial charge in [0.05, 0.1) is 6.10 Å². The van der Waals surface area contributed by atoms with Crippen LogP contribution in [0.2, 0.25) is 0 Å². The zero-order chi connectivity index (χ0) is 24.4. The van der Waals surface area contributed by atoms with Crippen LogP contribution in [0.15, 0.2) is 48.5 Å². The minimum Gasteiger partial charge on any atom is -0.480 e. The zero-order valence-corrected chi connectivity index (χ0v) is 19.5. The lowest BCUT2D eigenvalue weighted by molar-refractivity contribution is -0.157. The summed E-state index contributed by atoms with van der Waals surface area (Å²) in [6, 6.07) is 15.6. The number of piperidine rings is 1. The minimum absolute atomic E-state index is 0.00962. The van der Waals surface area contributed by atoms with Gasteiger partial charge in [0.2, 0.25) is 0 Å². The second-order valence-corrected chi connectivity index (χ2v) is 9.41. The van der Waals surface area contributed by atoms with E-state index in [-0.39, 0.29) is 31.1 Å². The Hall–Kier alpha value is -3.39. The number of benzene rings is 2. The third-order valence-corrected chi connectivity index (χ3v) is 7.27. The van der Waals surface area contributed by atoms with Crippen LogP contribution < -0.4 is 5.32 Å². The highest BCUT2D eigenvalue weighted by Crippen LogP contribution is 2.44. The highest BCUT2D eigenvalue weighted by molar-refractivity contribution is 5.87. The molecule has 0 radical (unpaired) electrons. The number of likely N-dealkylation sites (tertiary alicyclic amines) is 1. The maximum atomic E-state index is 12.9. The third-order valence-electron chi connectivity index (χ3n) is 7.27. The SMILES string of the molecule is O=C(NCC1CCC(C(=O)N2CCCCC2C(=O)O)O1)OCC1c2ccccc2-c2ccccc21. The Balaban J connectivity index is 1.11. The summed E-state index contributed by atoms with van der Waals surface area (Å²) in [4.78, 5) is 38.3. The van der Waals surface area contributed by atoms with Crippen LogP contribution in [0.1, 0.15) is 49.1 Å². The van der Waals surface area contributed by atoms with Crippen LogP contribution in [-0.2, 0) is 19.1 Å². The minimum atomic E-state index is -0.968. The van der Waals surface area contributed by atoms with Gasteiger partial charge in [0.1, 0.15) is 18.8 Å². The fourth-order valence-corrected chi connectivity index (χ4v) is 5.52. The van der Waals surface area contributed by atoms with Gasteiger partial charge in [0.15, 0.2) is 0 Å². The van der Waals surface area contributed by atoms with E-state index in [1.54, 1.807) is 0 Å². The first-order valence-electron chi connectivity index (χ1n) is 12.3. The first-order valence-corrected chi connectivity index (χ1v) is 12.3. The fraction of sp³-hybridized carbons (Fsp3) is 0.444. The van der Waals surface area contributed by atoms with Crippen LogP contribution in [0.3, 0.4) is 0 Å². The Morgan fingerprint density at radius 1 is 0.971 bits per heavy atom. The number of hydrogen-bond acceptors (Lipinski definition) is 5. The summed E-state index contributed by atoms with van der Waals surface area (Å²) in [7, 11) is 0. The van der Waals surface area contributed by atoms with Crippen molar-refractivity contribution in [2.45, 2.75) is 56.3 Å². The van der Waals surface area contributed by atoms with E-state index in [0.717, 1.165) is 24.0 Å². The predicted molar refractivity (Wildman–Crippen MR) is 128 cm³/mol. The number of ether oxygens (including phenoxy) is 2. The number of fused-ring (bicyclic) bond motifs is 3. The van der Waals surface area contributed by atoms with Crippen LogP contribution in [-0.4, -0.2) is 65.9 Å². The van der Waals surface area contributed by atoms with Crippen molar-refractivity contribution in [1.29, 1.82) is 0 Å². The molecule has 2 amide bonds. The van der Waals surface area contributed by atoms with Crippen molar-refractivity contribution in [2.24, 2.45) is 0 Å². The van der Waals surface area contributed by atoms with Crippen molar-refractivity contribution in [3.8, 4) is 11.1 Å². The summed E-state index contributed by atoms with van der Waals surface area (Å²) in [5, 5.41) is 12.2. The van der Waals surface area contributed by atoms with Crippen LogP contribution in [0.5, 0.6) is 0 Å². The van der Waals surface area contributed by atoms with Crippen molar-refractivity contribution in [2.75, 3.05) is 19.7 Å². The van der Waals surface area contributed by atoms with Gasteiger partial charge in [-0.1, -0.05) is 48.5 Å². The molecule has 35 heavy (non-hydrogen) atoms. The molecule has 5 rings (SSSR count). The molecule has 3 aliphatic rings. The van der Waals surface area contributed by atoms with Gasteiger partial charge in [0, 0.05) is 19.0 Å². The topological polar surface area (TPSA) is 105 Å². The second-order valence-electron chi connectivity index (χ2n) is 9.41. The number of alkyl carbamates (subject to hydrolysis) is 1. The average molecular weight is 479 g/mol. The van der Waals surface area contributed by atoms with Crippen molar-refractivity contribution in [3.63, 3.8) is 0 Å². The van der Waals surface area contributed by atoms with Gasteiger partial charge in [-0.15, -0.1) is 0 Å². The van der Waals surface area contributed by atoms with Crippen LogP contribution >= 0.6 is 0 Å². The highest BCUT2D eigenvalue weighted by Gasteiger charge is 2.39. The molecule has 1 aliphatic carbocycles. The molecule has 2 saturated heterocycles. The largest absolute Gasteiger partial charge is 0.480 e. The number of carboxylic acids is 1. The molecule has 3 atom stereocenters. The molecule has 2 aromatic carbocycles. The van der Waals surface area contributed by atoms with Crippen molar-refractivity contribution in [3.05, 3.63) is 59.7 Å². The lowest BCUT2D eigenvalue weighted by atomic mass is 9.98. The van der Waals surface area contributed by atoms with Crippen molar-refractivity contribution in [1.82, 2.24) is 10.2 Å². The lowest BCUT2D eigenvalue weighted by Gasteiger charge is -2.34. The Bertz CT molecular complexity index is 1070. The Morgan fingerprint density at radius 2 is 1.66 bits per heavy atom. The molecule has 2 aliphatic heterocycles. The number of hydrogen-bond donors (Lipinski definition) is 2. The molecule has 2 N–H and O–H groups in total. The first-order chi connectivity index (χ1) is 17.0. The molecular formula is C27H30N2O6. The Labute approximate surface area is 204 Å². The van der Waals surface area contributed by atoms with E-state index in [1.807, 2.05) is 24.3 Å². The van der Waals surface area contributed by atoms with Crippen molar-refractivity contribution < 1.29 is 29.0 Å². The smallest absolute Gasteiger partial charge is 0.407 e. The fourth-order valence-electron chi connectivity index (χ4n) is 5.52. The number of nitrogens with zero attached hydrogens (tertiary/aromatic N) is 1. The normalized spacial score (nSPS) is 23.4. The first kappa shape index (κ1) is 23.4. The summed E-state index contributed by atoms with van der Waals surface area (Å²) < 4.78 is 11.4. The maximum absolute atomic E-state index is 12.9. The molecule has 0 aromatic heterocycles. The quantitative estimate of drug-likeness (QED) is 0.658. The number of carboxylic acid groups (broad SMARTS) is 1. The third kappa shape index (κ3) is 4.75. The second kappa shape index (κ2) is 10.1. The van der Waals surface area contributed by atoms with E-state index in [9.17, 15) is 19.5 Å². The number of amides is 2. The Kier molecular flexibility index (Phi) is 6.72. The van der Waals surface area contributed by atoms with E-state index in [2.05, 4.69) is 29.6 Å². The predicted octanol–water partition coefficient (Wildman–Crippen LogP) is 3.54. The molecule has 2 aromatic rings. The standard InChI is InChI=1S/C27H30N2O6/c30-25(29-14-6-5-11-23(29)26(31)32)24-13-12-17(35-24)15-28-27(33)34-16-22-20-9-3-1-7-18(20)19-8-2-4-10-21(19)22/h1-4,7-10,17,22-24H,5-6,11-16H2,(H,28,33)(H,31,32). The van der Waals surface area contributed by atoms with Gasteiger partial charge in [0.25, 0.3) is 5.91 Å². The van der Waals surface area contributed by atoms with Crippen molar-refractivity contribution >= 4 is 18.0 Å².